The fourth-order valence-electron chi connectivity index (χ4n) is 1.07. The molecule has 1 aromatic heterocycles. The van der Waals surface area contributed by atoms with Gasteiger partial charge in [-0.3, -0.25) is 9.48 Å². The Morgan fingerprint density at radius 1 is 1.64 bits per heavy atom. The lowest BCUT2D eigenvalue weighted by Gasteiger charge is -2.02. The Kier molecular flexibility index (Phi) is 4.12. The van der Waals surface area contributed by atoms with Crippen LogP contribution >= 0.6 is 0 Å². The SMILES string of the molecule is CCCNCC(=O)Nc1cnn(C)c1. The molecule has 2 N–H and O–H groups in total. The molecule has 1 heterocycles. The highest BCUT2D eigenvalue weighted by molar-refractivity contribution is 5.91. The maximum Gasteiger partial charge on any atom is 0.238 e. The van der Waals surface area contributed by atoms with Crippen LogP contribution in [0.25, 0.3) is 0 Å². The summed E-state index contributed by atoms with van der Waals surface area (Å²) in [6.45, 7) is 3.27. The number of aryl methyl sites for hydroxylation is 1. The number of aromatic nitrogens is 2. The first-order chi connectivity index (χ1) is 6.72. The van der Waals surface area contributed by atoms with Crippen LogP contribution in [0.4, 0.5) is 5.69 Å². The van der Waals surface area contributed by atoms with Crippen LogP contribution in [0.15, 0.2) is 12.4 Å². The first-order valence-electron chi connectivity index (χ1n) is 4.71. The van der Waals surface area contributed by atoms with Crippen molar-refractivity contribution in [3.05, 3.63) is 12.4 Å². The first kappa shape index (κ1) is 10.7. The van der Waals surface area contributed by atoms with E-state index in [2.05, 4.69) is 22.7 Å². The second-order valence-electron chi connectivity index (χ2n) is 3.13. The zero-order valence-electron chi connectivity index (χ0n) is 8.58. The van der Waals surface area contributed by atoms with Gasteiger partial charge >= 0.3 is 0 Å². The van der Waals surface area contributed by atoms with Gasteiger partial charge in [0.15, 0.2) is 0 Å². The minimum atomic E-state index is -0.0357. The molecule has 0 aromatic carbocycles. The van der Waals surface area contributed by atoms with Gasteiger partial charge in [0.2, 0.25) is 5.91 Å². The highest BCUT2D eigenvalue weighted by Gasteiger charge is 2.01. The average Bonchev–Trinajstić information content (AvgIpc) is 2.52. The third-order valence-electron chi connectivity index (χ3n) is 1.70. The topological polar surface area (TPSA) is 59.0 Å². The molecule has 0 spiro atoms. The smallest absolute Gasteiger partial charge is 0.238 e. The van der Waals surface area contributed by atoms with Crippen molar-refractivity contribution in [3.63, 3.8) is 0 Å². The average molecular weight is 196 g/mol. The minimum absolute atomic E-state index is 0.0357. The second-order valence-corrected chi connectivity index (χ2v) is 3.13. The summed E-state index contributed by atoms with van der Waals surface area (Å²) in [5.41, 5.74) is 0.732. The summed E-state index contributed by atoms with van der Waals surface area (Å²) in [6.07, 6.45) is 4.41. The number of carbonyl (C=O) groups is 1. The van der Waals surface area contributed by atoms with Crippen LogP contribution in [0, 0.1) is 0 Å². The molecule has 0 aliphatic rings. The van der Waals surface area contributed by atoms with Gasteiger partial charge < -0.3 is 10.6 Å². The number of hydrogen-bond donors (Lipinski definition) is 2. The van der Waals surface area contributed by atoms with E-state index >= 15 is 0 Å². The van der Waals surface area contributed by atoms with E-state index in [4.69, 9.17) is 0 Å². The largest absolute Gasteiger partial charge is 0.322 e. The van der Waals surface area contributed by atoms with Gasteiger partial charge in [-0.05, 0) is 13.0 Å². The van der Waals surface area contributed by atoms with Crippen molar-refractivity contribution in [3.8, 4) is 0 Å². The molecule has 0 unspecified atom stereocenters. The number of amides is 1. The first-order valence-corrected chi connectivity index (χ1v) is 4.71. The lowest BCUT2D eigenvalue weighted by Crippen LogP contribution is -2.28. The van der Waals surface area contributed by atoms with Crippen molar-refractivity contribution >= 4 is 11.6 Å². The summed E-state index contributed by atoms with van der Waals surface area (Å²) in [4.78, 5) is 11.3. The Bertz CT molecular complexity index is 295. The van der Waals surface area contributed by atoms with Gasteiger partial charge in [0.05, 0.1) is 18.4 Å². The normalized spacial score (nSPS) is 10.1. The number of carbonyl (C=O) groups excluding carboxylic acids is 1. The second kappa shape index (κ2) is 5.39. The van der Waals surface area contributed by atoms with Crippen molar-refractivity contribution in [2.45, 2.75) is 13.3 Å². The van der Waals surface area contributed by atoms with Crippen LogP contribution in [-0.2, 0) is 11.8 Å². The molecule has 0 atom stereocenters. The maximum atomic E-state index is 11.3. The van der Waals surface area contributed by atoms with Gasteiger partial charge in [-0.25, -0.2) is 0 Å². The van der Waals surface area contributed by atoms with Gasteiger partial charge in [0.25, 0.3) is 0 Å². The van der Waals surface area contributed by atoms with Crippen LogP contribution in [-0.4, -0.2) is 28.8 Å². The molecular weight excluding hydrogens is 180 g/mol. The van der Waals surface area contributed by atoms with Crippen LogP contribution < -0.4 is 10.6 Å². The van der Waals surface area contributed by atoms with Crippen molar-refractivity contribution in [2.75, 3.05) is 18.4 Å². The Balaban J connectivity index is 2.27. The van der Waals surface area contributed by atoms with Gasteiger partial charge in [-0.2, -0.15) is 5.10 Å². The molecule has 0 bridgehead atoms. The Hall–Kier alpha value is -1.36. The predicted molar refractivity (Wildman–Crippen MR) is 55.0 cm³/mol. The van der Waals surface area contributed by atoms with Gasteiger partial charge in [0, 0.05) is 13.2 Å². The van der Waals surface area contributed by atoms with E-state index in [0.717, 1.165) is 18.7 Å². The van der Waals surface area contributed by atoms with E-state index in [1.54, 1.807) is 17.1 Å². The molecule has 0 aliphatic carbocycles. The Labute approximate surface area is 83.5 Å². The zero-order valence-corrected chi connectivity index (χ0v) is 8.58. The van der Waals surface area contributed by atoms with Crippen molar-refractivity contribution in [2.24, 2.45) is 7.05 Å². The summed E-state index contributed by atoms with van der Waals surface area (Å²) < 4.78 is 1.65. The van der Waals surface area contributed by atoms with Crippen LogP contribution in [0.2, 0.25) is 0 Å². The summed E-state index contributed by atoms with van der Waals surface area (Å²) >= 11 is 0. The number of rotatable bonds is 5. The Morgan fingerprint density at radius 2 is 2.43 bits per heavy atom. The molecule has 1 amide bonds. The van der Waals surface area contributed by atoms with Crippen LogP contribution in [0.1, 0.15) is 13.3 Å². The predicted octanol–water partition coefficient (Wildman–Crippen LogP) is 0.358. The molecule has 0 saturated heterocycles. The lowest BCUT2D eigenvalue weighted by atomic mass is 10.4. The van der Waals surface area contributed by atoms with Gasteiger partial charge in [0.1, 0.15) is 0 Å². The molecular formula is C9H16N4O. The standard InChI is InChI=1S/C9H16N4O/c1-3-4-10-6-9(14)12-8-5-11-13(2)7-8/h5,7,10H,3-4,6H2,1-2H3,(H,12,14). The van der Waals surface area contributed by atoms with Crippen molar-refractivity contribution in [1.29, 1.82) is 0 Å². The van der Waals surface area contributed by atoms with E-state index in [1.807, 2.05) is 7.05 Å². The quantitative estimate of drug-likeness (QED) is 0.668. The fourth-order valence-corrected chi connectivity index (χ4v) is 1.07. The lowest BCUT2D eigenvalue weighted by molar-refractivity contribution is -0.115. The maximum absolute atomic E-state index is 11.3. The van der Waals surface area contributed by atoms with Crippen molar-refractivity contribution in [1.82, 2.24) is 15.1 Å². The molecule has 14 heavy (non-hydrogen) atoms. The molecule has 78 valence electrons. The highest BCUT2D eigenvalue weighted by Crippen LogP contribution is 2.01. The zero-order chi connectivity index (χ0) is 10.4. The summed E-state index contributed by atoms with van der Waals surface area (Å²) in [5.74, 6) is -0.0357. The number of nitrogens with one attached hydrogen (secondary N) is 2. The van der Waals surface area contributed by atoms with Gasteiger partial charge in [-0.15, -0.1) is 0 Å². The van der Waals surface area contributed by atoms with Crippen LogP contribution in [0.3, 0.4) is 0 Å². The summed E-state index contributed by atoms with van der Waals surface area (Å²) in [6, 6.07) is 0. The van der Waals surface area contributed by atoms with Gasteiger partial charge in [-0.1, -0.05) is 6.92 Å². The number of nitrogens with zero attached hydrogens (tertiary/aromatic N) is 2. The van der Waals surface area contributed by atoms with E-state index < -0.39 is 0 Å². The van der Waals surface area contributed by atoms with E-state index in [1.165, 1.54) is 0 Å². The highest BCUT2D eigenvalue weighted by atomic mass is 16.1. The van der Waals surface area contributed by atoms with E-state index in [0.29, 0.717) is 6.54 Å². The van der Waals surface area contributed by atoms with Crippen LogP contribution in [0.5, 0.6) is 0 Å². The third kappa shape index (κ3) is 3.57. The molecule has 1 aromatic rings. The Morgan fingerprint density at radius 3 is 3.00 bits per heavy atom. The van der Waals surface area contributed by atoms with Crippen molar-refractivity contribution < 1.29 is 4.79 Å². The molecule has 0 aliphatic heterocycles. The number of anilines is 1. The van der Waals surface area contributed by atoms with E-state index in [-0.39, 0.29) is 5.91 Å². The molecule has 5 heteroatoms. The minimum Gasteiger partial charge on any atom is -0.322 e. The fraction of sp³-hybridized carbons (Fsp3) is 0.556. The molecule has 5 nitrogen and oxygen atoms in total. The molecule has 0 radical (unpaired) electrons. The summed E-state index contributed by atoms with van der Waals surface area (Å²) in [5, 5.41) is 9.71. The molecule has 0 saturated carbocycles. The third-order valence-corrected chi connectivity index (χ3v) is 1.70. The molecule has 0 fully saturated rings. The van der Waals surface area contributed by atoms with E-state index in [9.17, 15) is 4.79 Å². The number of hydrogen-bond acceptors (Lipinski definition) is 3. The molecule has 1 rings (SSSR count). The summed E-state index contributed by atoms with van der Waals surface area (Å²) in [7, 11) is 1.81. The monoisotopic (exact) mass is 196 g/mol.